The van der Waals surface area contributed by atoms with Crippen LogP contribution in [0.15, 0.2) is 40.9 Å². The van der Waals surface area contributed by atoms with Gasteiger partial charge in [-0.25, -0.2) is 4.39 Å². The molecule has 0 saturated carbocycles. The lowest BCUT2D eigenvalue weighted by atomic mass is 10.0. The molecule has 0 saturated heterocycles. The van der Waals surface area contributed by atoms with Crippen molar-refractivity contribution in [2.24, 2.45) is 5.73 Å². The highest BCUT2D eigenvalue weighted by Gasteiger charge is 2.14. The summed E-state index contributed by atoms with van der Waals surface area (Å²) in [5.74, 6) is 0.739. The Morgan fingerprint density at radius 3 is 2.65 bits per heavy atom. The van der Waals surface area contributed by atoms with E-state index in [-0.39, 0.29) is 18.2 Å². The van der Waals surface area contributed by atoms with E-state index in [0.29, 0.717) is 11.3 Å². The number of halogens is 2. The number of hydrogen-bond donors (Lipinski definition) is 1. The predicted octanol–water partition coefficient (Wildman–Crippen LogP) is 4.96. The minimum Gasteiger partial charge on any atom is -0.454 e. The molecule has 0 bridgehead atoms. The minimum atomic E-state index is -0.398. The molecule has 0 spiro atoms. The van der Waals surface area contributed by atoms with Gasteiger partial charge in [0.25, 0.3) is 0 Å². The van der Waals surface area contributed by atoms with E-state index < -0.39 is 5.82 Å². The molecule has 0 amide bonds. The fraction of sp³-hybridized carbons (Fsp3) is 0.250. The Morgan fingerprint density at radius 1 is 1.25 bits per heavy atom. The molecule has 0 aliphatic rings. The highest BCUT2D eigenvalue weighted by atomic mass is 79.9. The average molecular weight is 338 g/mol. The smallest absolute Gasteiger partial charge is 0.167 e. The van der Waals surface area contributed by atoms with Crippen LogP contribution in [-0.4, -0.2) is 0 Å². The van der Waals surface area contributed by atoms with E-state index in [4.69, 9.17) is 10.5 Å². The van der Waals surface area contributed by atoms with Crippen LogP contribution in [0.3, 0.4) is 0 Å². The second-order valence-electron chi connectivity index (χ2n) is 4.87. The van der Waals surface area contributed by atoms with Crippen LogP contribution in [0.2, 0.25) is 0 Å². The lowest BCUT2D eigenvalue weighted by molar-refractivity contribution is 0.430. The molecular formula is C16H17BrFNO. The van der Waals surface area contributed by atoms with Gasteiger partial charge in [0.1, 0.15) is 5.75 Å². The van der Waals surface area contributed by atoms with E-state index in [1.165, 1.54) is 6.07 Å². The predicted molar refractivity (Wildman–Crippen MR) is 82.6 cm³/mol. The summed E-state index contributed by atoms with van der Waals surface area (Å²) in [5, 5.41) is 0. The van der Waals surface area contributed by atoms with Gasteiger partial charge in [0, 0.05) is 16.6 Å². The largest absolute Gasteiger partial charge is 0.454 e. The zero-order chi connectivity index (χ0) is 14.7. The van der Waals surface area contributed by atoms with Gasteiger partial charge in [0.2, 0.25) is 0 Å². The van der Waals surface area contributed by atoms with Crippen molar-refractivity contribution in [2.75, 3.05) is 0 Å². The standard InChI is InChI=1S/C16H17BrFNO/c1-10(2)13-8-12(17)6-7-15(13)20-16-11(9-19)4-3-5-14(16)18/h3-8,10H,9,19H2,1-2H3. The van der Waals surface area contributed by atoms with Crippen molar-refractivity contribution in [3.05, 3.63) is 57.8 Å². The number of para-hydroxylation sites is 1. The SMILES string of the molecule is CC(C)c1cc(Br)ccc1Oc1c(F)cccc1CN. The second kappa shape index (κ2) is 6.37. The van der Waals surface area contributed by atoms with Crippen molar-refractivity contribution in [3.8, 4) is 11.5 Å². The Kier molecular flexibility index (Phi) is 4.78. The van der Waals surface area contributed by atoms with Crippen LogP contribution >= 0.6 is 15.9 Å². The Morgan fingerprint density at radius 2 is 2.00 bits per heavy atom. The van der Waals surface area contributed by atoms with E-state index in [2.05, 4.69) is 29.8 Å². The molecule has 0 atom stereocenters. The molecule has 2 aromatic rings. The van der Waals surface area contributed by atoms with Gasteiger partial charge in [-0.2, -0.15) is 0 Å². The summed E-state index contributed by atoms with van der Waals surface area (Å²) in [6, 6.07) is 10.5. The van der Waals surface area contributed by atoms with Crippen molar-refractivity contribution in [2.45, 2.75) is 26.3 Å². The fourth-order valence-corrected chi connectivity index (χ4v) is 2.38. The molecule has 2 nitrogen and oxygen atoms in total. The summed E-state index contributed by atoms with van der Waals surface area (Å²) < 4.78 is 20.7. The van der Waals surface area contributed by atoms with Crippen LogP contribution < -0.4 is 10.5 Å². The molecule has 0 unspecified atom stereocenters. The average Bonchev–Trinajstić information content (AvgIpc) is 2.42. The normalized spacial score (nSPS) is 10.9. The third kappa shape index (κ3) is 3.19. The third-order valence-electron chi connectivity index (χ3n) is 3.07. The van der Waals surface area contributed by atoms with E-state index in [1.807, 2.05) is 18.2 Å². The number of nitrogens with two attached hydrogens (primary N) is 1. The number of benzene rings is 2. The molecule has 0 aliphatic carbocycles. The topological polar surface area (TPSA) is 35.2 Å². The Balaban J connectivity index is 2.45. The molecule has 20 heavy (non-hydrogen) atoms. The molecular weight excluding hydrogens is 321 g/mol. The molecule has 2 N–H and O–H groups in total. The van der Waals surface area contributed by atoms with E-state index in [0.717, 1.165) is 10.0 Å². The molecule has 2 aromatic carbocycles. The van der Waals surface area contributed by atoms with Crippen molar-refractivity contribution in [1.29, 1.82) is 0 Å². The molecule has 0 aromatic heterocycles. The van der Waals surface area contributed by atoms with Crippen molar-refractivity contribution < 1.29 is 9.13 Å². The van der Waals surface area contributed by atoms with Crippen LogP contribution in [0, 0.1) is 5.82 Å². The third-order valence-corrected chi connectivity index (χ3v) is 3.57. The molecule has 2 rings (SSSR count). The Hall–Kier alpha value is -1.39. The monoisotopic (exact) mass is 337 g/mol. The molecule has 0 aliphatic heterocycles. The van der Waals surface area contributed by atoms with E-state index >= 15 is 0 Å². The summed E-state index contributed by atoms with van der Waals surface area (Å²) >= 11 is 3.44. The van der Waals surface area contributed by atoms with Gasteiger partial charge in [0.05, 0.1) is 0 Å². The summed E-state index contributed by atoms with van der Waals surface area (Å²) in [7, 11) is 0. The molecule has 0 fully saturated rings. The van der Waals surface area contributed by atoms with Gasteiger partial charge >= 0.3 is 0 Å². The number of rotatable bonds is 4. The van der Waals surface area contributed by atoms with E-state index in [9.17, 15) is 4.39 Å². The van der Waals surface area contributed by atoms with Gasteiger partial charge in [-0.05, 0) is 35.7 Å². The van der Waals surface area contributed by atoms with Crippen LogP contribution in [0.5, 0.6) is 11.5 Å². The summed E-state index contributed by atoms with van der Waals surface area (Å²) in [6.45, 7) is 4.38. The highest BCUT2D eigenvalue weighted by molar-refractivity contribution is 9.10. The highest BCUT2D eigenvalue weighted by Crippen LogP contribution is 2.35. The maximum Gasteiger partial charge on any atom is 0.167 e. The quantitative estimate of drug-likeness (QED) is 0.855. The summed E-state index contributed by atoms with van der Waals surface area (Å²) in [4.78, 5) is 0. The Labute approximate surface area is 126 Å². The molecule has 0 heterocycles. The summed E-state index contributed by atoms with van der Waals surface area (Å²) in [5.41, 5.74) is 7.32. The van der Waals surface area contributed by atoms with Crippen molar-refractivity contribution in [1.82, 2.24) is 0 Å². The first kappa shape index (κ1) is 15.0. The van der Waals surface area contributed by atoms with Crippen molar-refractivity contribution in [3.63, 3.8) is 0 Å². The zero-order valence-electron chi connectivity index (χ0n) is 11.5. The zero-order valence-corrected chi connectivity index (χ0v) is 13.1. The molecule has 106 valence electrons. The minimum absolute atomic E-state index is 0.208. The molecule has 0 radical (unpaired) electrons. The first-order valence-electron chi connectivity index (χ1n) is 6.47. The maximum absolute atomic E-state index is 13.9. The van der Waals surface area contributed by atoms with Crippen LogP contribution in [0.1, 0.15) is 30.9 Å². The Bertz CT molecular complexity index is 613. The van der Waals surface area contributed by atoms with Gasteiger partial charge in [-0.1, -0.05) is 41.9 Å². The van der Waals surface area contributed by atoms with Gasteiger partial charge in [-0.15, -0.1) is 0 Å². The fourth-order valence-electron chi connectivity index (χ4n) is 2.00. The first-order chi connectivity index (χ1) is 9.52. The van der Waals surface area contributed by atoms with Gasteiger partial charge in [0.15, 0.2) is 11.6 Å². The van der Waals surface area contributed by atoms with Crippen molar-refractivity contribution >= 4 is 15.9 Å². The van der Waals surface area contributed by atoms with Gasteiger partial charge < -0.3 is 10.5 Å². The van der Waals surface area contributed by atoms with Crippen LogP contribution in [0.25, 0.3) is 0 Å². The van der Waals surface area contributed by atoms with Crippen LogP contribution in [-0.2, 0) is 6.54 Å². The maximum atomic E-state index is 13.9. The number of hydrogen-bond acceptors (Lipinski definition) is 2. The number of ether oxygens (including phenoxy) is 1. The lowest BCUT2D eigenvalue weighted by Crippen LogP contribution is -2.02. The summed E-state index contributed by atoms with van der Waals surface area (Å²) in [6.07, 6.45) is 0. The first-order valence-corrected chi connectivity index (χ1v) is 7.27. The molecule has 4 heteroatoms. The lowest BCUT2D eigenvalue weighted by Gasteiger charge is -2.16. The van der Waals surface area contributed by atoms with E-state index in [1.54, 1.807) is 12.1 Å². The second-order valence-corrected chi connectivity index (χ2v) is 5.79. The van der Waals surface area contributed by atoms with Gasteiger partial charge in [-0.3, -0.25) is 0 Å². The van der Waals surface area contributed by atoms with Crippen LogP contribution in [0.4, 0.5) is 4.39 Å².